The van der Waals surface area contributed by atoms with Crippen molar-refractivity contribution in [1.29, 1.82) is 0 Å². The molecule has 0 aliphatic carbocycles. The minimum atomic E-state index is -0.219. The maximum absolute atomic E-state index is 2.30. The lowest BCUT2D eigenvalue weighted by atomic mass is 10.4. The fourth-order valence-electron chi connectivity index (χ4n) is 2.81. The molecule has 0 aliphatic rings. The van der Waals surface area contributed by atoms with Crippen LogP contribution in [0, 0.1) is 0 Å². The van der Waals surface area contributed by atoms with Crippen LogP contribution in [0.25, 0.3) is 0 Å². The Balaban J connectivity index is 0.00000225. The van der Waals surface area contributed by atoms with Crippen molar-refractivity contribution in [3.05, 3.63) is 91.0 Å². The molecule has 24 heavy (non-hydrogen) atoms. The van der Waals surface area contributed by atoms with Gasteiger partial charge in [0.05, 0.1) is 0 Å². The minimum Gasteiger partial charge on any atom is -0.0904 e. The Hall–Kier alpha value is -1.48. The van der Waals surface area contributed by atoms with E-state index in [1.54, 1.807) is 0 Å². The molecule has 3 aromatic carbocycles. The Morgan fingerprint density at radius 1 is 0.625 bits per heavy atom. The molecule has 0 fully saturated rings. The number of unbranched alkanes of at least 4 members (excludes halogenated alkanes) is 1. The predicted octanol–water partition coefficient (Wildman–Crippen LogP) is 5.15. The van der Waals surface area contributed by atoms with Crippen molar-refractivity contribution >= 4 is 32.4 Å². The van der Waals surface area contributed by atoms with Crippen molar-refractivity contribution in [2.45, 2.75) is 12.8 Å². The van der Waals surface area contributed by atoms with Gasteiger partial charge in [-0.05, 0) is 49.0 Å². The molecule has 0 nitrogen and oxygen atoms in total. The second-order valence-corrected chi connectivity index (χ2v) is 9.59. The lowest BCUT2D eigenvalue weighted by molar-refractivity contribution is 0.903. The first-order chi connectivity index (χ1) is 11.9. The van der Waals surface area contributed by atoms with Crippen LogP contribution in [0.3, 0.4) is 0 Å². The van der Waals surface area contributed by atoms with Crippen molar-refractivity contribution < 1.29 is 1.43 Å². The zero-order valence-corrected chi connectivity index (χ0v) is 15.8. The van der Waals surface area contributed by atoms with Gasteiger partial charge >= 0.3 is 0 Å². The molecular weight excluding hydrogens is 326 g/mol. The SMILES string of the molecule is [HH].c1ccc(PCCCCP(c2ccccc2)c2ccccc2)cc1. The molecule has 0 saturated heterocycles. The summed E-state index contributed by atoms with van der Waals surface area (Å²) >= 11 is 0. The zero-order chi connectivity index (χ0) is 16.5. The van der Waals surface area contributed by atoms with Crippen molar-refractivity contribution in [1.82, 2.24) is 0 Å². The van der Waals surface area contributed by atoms with Crippen molar-refractivity contribution in [3.63, 3.8) is 0 Å². The highest BCUT2D eigenvalue weighted by Gasteiger charge is 2.12. The zero-order valence-electron chi connectivity index (χ0n) is 13.9. The summed E-state index contributed by atoms with van der Waals surface area (Å²) in [5.74, 6) is 0. The highest BCUT2D eigenvalue weighted by atomic mass is 31.1. The molecule has 1 unspecified atom stereocenters. The van der Waals surface area contributed by atoms with Crippen LogP contribution in [0.2, 0.25) is 0 Å². The van der Waals surface area contributed by atoms with Gasteiger partial charge in [-0.2, -0.15) is 0 Å². The minimum absolute atomic E-state index is 0. The van der Waals surface area contributed by atoms with E-state index in [9.17, 15) is 0 Å². The quantitative estimate of drug-likeness (QED) is 0.388. The Morgan fingerprint density at radius 3 is 1.67 bits per heavy atom. The Morgan fingerprint density at radius 2 is 1.12 bits per heavy atom. The first-order valence-electron chi connectivity index (χ1n) is 8.60. The molecule has 3 rings (SSSR count). The normalized spacial score (nSPS) is 11.4. The smallest absolute Gasteiger partial charge is 0 e. The van der Waals surface area contributed by atoms with E-state index in [4.69, 9.17) is 0 Å². The van der Waals surface area contributed by atoms with Gasteiger partial charge in [-0.15, -0.1) is 0 Å². The van der Waals surface area contributed by atoms with Gasteiger partial charge in [0.2, 0.25) is 0 Å². The molecule has 0 bridgehead atoms. The van der Waals surface area contributed by atoms with Crippen LogP contribution in [0.4, 0.5) is 0 Å². The van der Waals surface area contributed by atoms with E-state index in [1.807, 2.05) is 0 Å². The molecule has 0 amide bonds. The summed E-state index contributed by atoms with van der Waals surface area (Å²) in [7, 11) is 0.729. The van der Waals surface area contributed by atoms with Gasteiger partial charge in [0.15, 0.2) is 0 Å². The van der Waals surface area contributed by atoms with Gasteiger partial charge in [0, 0.05) is 1.43 Å². The molecule has 0 heterocycles. The summed E-state index contributed by atoms with van der Waals surface area (Å²) in [5.41, 5.74) is 0. The predicted molar refractivity (Wildman–Crippen MR) is 115 cm³/mol. The van der Waals surface area contributed by atoms with Crippen LogP contribution in [0.1, 0.15) is 14.3 Å². The molecule has 3 aromatic rings. The highest BCUT2D eigenvalue weighted by molar-refractivity contribution is 7.73. The van der Waals surface area contributed by atoms with Crippen molar-refractivity contribution in [3.8, 4) is 0 Å². The van der Waals surface area contributed by atoms with Gasteiger partial charge in [-0.1, -0.05) is 99.6 Å². The summed E-state index contributed by atoms with van der Waals surface area (Å²) in [4.78, 5) is 0. The molecule has 0 aliphatic heterocycles. The largest absolute Gasteiger partial charge is 0.0904 e. The van der Waals surface area contributed by atoms with Gasteiger partial charge in [0.1, 0.15) is 0 Å². The maximum Gasteiger partial charge on any atom is 0 e. The summed E-state index contributed by atoms with van der Waals surface area (Å²) in [6.45, 7) is 0. The first kappa shape index (κ1) is 17.3. The van der Waals surface area contributed by atoms with Crippen molar-refractivity contribution in [2.24, 2.45) is 0 Å². The molecule has 0 spiro atoms. The number of hydrogen-bond donors (Lipinski definition) is 0. The fraction of sp³-hybridized carbons (Fsp3) is 0.182. The Kier molecular flexibility index (Phi) is 7.03. The lowest BCUT2D eigenvalue weighted by Crippen LogP contribution is -2.13. The lowest BCUT2D eigenvalue weighted by Gasteiger charge is -2.18. The molecule has 2 heteroatoms. The van der Waals surface area contributed by atoms with Crippen LogP contribution < -0.4 is 15.9 Å². The van der Waals surface area contributed by atoms with Gasteiger partial charge in [-0.25, -0.2) is 0 Å². The monoisotopic (exact) mass is 352 g/mol. The van der Waals surface area contributed by atoms with Crippen LogP contribution in [-0.4, -0.2) is 12.3 Å². The van der Waals surface area contributed by atoms with E-state index in [0.717, 1.165) is 8.58 Å². The van der Waals surface area contributed by atoms with Gasteiger partial charge in [-0.3, -0.25) is 0 Å². The summed E-state index contributed by atoms with van der Waals surface area (Å²) in [6.07, 6.45) is 5.25. The Bertz CT molecular complexity index is 662. The van der Waals surface area contributed by atoms with E-state index in [2.05, 4.69) is 91.0 Å². The second kappa shape index (κ2) is 9.73. The van der Waals surface area contributed by atoms with E-state index in [-0.39, 0.29) is 9.35 Å². The Labute approximate surface area is 150 Å². The molecule has 0 N–H and O–H groups in total. The van der Waals surface area contributed by atoms with E-state index in [0.29, 0.717) is 0 Å². The van der Waals surface area contributed by atoms with E-state index < -0.39 is 0 Å². The standard InChI is InChI=1S/C22H24P2.H2/c1-4-12-20(13-5-1)23-18-10-11-19-24(21-14-6-2-7-15-21)22-16-8-3-9-17-22;/h1-9,12-17,23H,10-11,18-19H2;1H. The summed E-state index contributed by atoms with van der Waals surface area (Å²) in [5, 5.41) is 4.50. The number of rotatable bonds is 8. The molecule has 0 saturated carbocycles. The average molecular weight is 352 g/mol. The third kappa shape index (κ3) is 5.27. The third-order valence-corrected chi connectivity index (χ3v) is 8.00. The van der Waals surface area contributed by atoms with E-state index >= 15 is 0 Å². The van der Waals surface area contributed by atoms with Crippen molar-refractivity contribution in [2.75, 3.05) is 12.3 Å². The van der Waals surface area contributed by atoms with Gasteiger partial charge in [0.25, 0.3) is 0 Å². The number of benzene rings is 3. The summed E-state index contributed by atoms with van der Waals surface area (Å²) in [6, 6.07) is 33.0. The van der Waals surface area contributed by atoms with Crippen LogP contribution in [-0.2, 0) is 0 Å². The maximum atomic E-state index is 2.30. The third-order valence-electron chi connectivity index (χ3n) is 4.05. The first-order valence-corrected chi connectivity index (χ1v) is 11.3. The fourth-order valence-corrected chi connectivity index (χ4v) is 6.37. The molecule has 124 valence electrons. The topological polar surface area (TPSA) is 0 Å². The number of hydrogen-bond acceptors (Lipinski definition) is 0. The second-order valence-electron chi connectivity index (χ2n) is 5.82. The molecule has 0 aromatic heterocycles. The molecule has 1 atom stereocenters. The molecule has 0 radical (unpaired) electrons. The average Bonchev–Trinajstić information content (AvgIpc) is 2.67. The van der Waals surface area contributed by atoms with Gasteiger partial charge < -0.3 is 0 Å². The highest BCUT2D eigenvalue weighted by Crippen LogP contribution is 2.34. The van der Waals surface area contributed by atoms with Crippen LogP contribution in [0.15, 0.2) is 91.0 Å². The van der Waals surface area contributed by atoms with Crippen LogP contribution in [0.5, 0.6) is 0 Å². The van der Waals surface area contributed by atoms with Crippen LogP contribution >= 0.6 is 16.5 Å². The molecular formula is C22H26P2. The summed E-state index contributed by atoms with van der Waals surface area (Å²) < 4.78 is 0. The van der Waals surface area contributed by atoms with E-state index in [1.165, 1.54) is 41.1 Å².